The fourth-order valence-corrected chi connectivity index (χ4v) is 2.69. The first kappa shape index (κ1) is 16.8. The Morgan fingerprint density at radius 3 is 2.24 bits per heavy atom. The summed E-state index contributed by atoms with van der Waals surface area (Å²) in [5.74, 6) is 0. The minimum atomic E-state index is -4.26. The second kappa shape index (κ2) is 6.46. The van der Waals surface area contributed by atoms with E-state index in [9.17, 15) is 13.2 Å². The van der Waals surface area contributed by atoms with Crippen LogP contribution in [0.2, 0.25) is 0 Å². The van der Waals surface area contributed by atoms with Crippen molar-refractivity contribution in [3.8, 4) is 5.69 Å². The standard InChI is InChI=1S/C16H14N4O4S/c1-11-15(16(21)20(19-11)13-5-3-2-4-6-13)18-17-12-7-9-14(10-8-12)25(22,23)24/h2-10,19H,1H3,(H,22,23,24). The van der Waals surface area contributed by atoms with Crippen LogP contribution in [0.3, 0.4) is 0 Å². The van der Waals surface area contributed by atoms with Crippen LogP contribution in [0.15, 0.2) is 74.5 Å². The highest BCUT2D eigenvalue weighted by Gasteiger charge is 2.12. The molecule has 0 saturated carbocycles. The molecule has 128 valence electrons. The Morgan fingerprint density at radius 2 is 1.64 bits per heavy atom. The number of hydrogen-bond acceptors (Lipinski definition) is 5. The summed E-state index contributed by atoms with van der Waals surface area (Å²) < 4.78 is 32.3. The summed E-state index contributed by atoms with van der Waals surface area (Å²) in [5, 5.41) is 10.8. The highest BCUT2D eigenvalue weighted by molar-refractivity contribution is 7.85. The van der Waals surface area contributed by atoms with E-state index in [1.165, 1.54) is 28.9 Å². The molecule has 0 saturated heterocycles. The maximum Gasteiger partial charge on any atom is 0.299 e. The molecule has 2 aromatic carbocycles. The number of aromatic nitrogens is 2. The van der Waals surface area contributed by atoms with Crippen molar-refractivity contribution in [2.75, 3.05) is 0 Å². The van der Waals surface area contributed by atoms with Crippen LogP contribution in [-0.2, 0) is 10.1 Å². The molecule has 0 atom stereocenters. The molecule has 25 heavy (non-hydrogen) atoms. The van der Waals surface area contributed by atoms with Crippen LogP contribution in [-0.4, -0.2) is 22.8 Å². The van der Waals surface area contributed by atoms with Crippen molar-refractivity contribution in [1.82, 2.24) is 9.78 Å². The summed E-state index contributed by atoms with van der Waals surface area (Å²) in [6.07, 6.45) is 0. The van der Waals surface area contributed by atoms with Crippen LogP contribution in [0.4, 0.5) is 11.4 Å². The van der Waals surface area contributed by atoms with Crippen LogP contribution >= 0.6 is 0 Å². The van der Waals surface area contributed by atoms with Gasteiger partial charge in [-0.15, -0.1) is 5.11 Å². The summed E-state index contributed by atoms with van der Waals surface area (Å²) in [7, 11) is -4.26. The molecular formula is C16H14N4O4S. The number of H-pyrrole nitrogens is 1. The van der Waals surface area contributed by atoms with E-state index in [0.29, 0.717) is 17.1 Å². The molecule has 1 aromatic heterocycles. The molecule has 0 aliphatic rings. The van der Waals surface area contributed by atoms with E-state index in [0.717, 1.165) is 0 Å². The average Bonchev–Trinajstić information content (AvgIpc) is 2.88. The number of azo groups is 1. The largest absolute Gasteiger partial charge is 0.299 e. The fourth-order valence-electron chi connectivity index (χ4n) is 2.21. The summed E-state index contributed by atoms with van der Waals surface area (Å²) in [4.78, 5) is 12.2. The minimum Gasteiger partial charge on any atom is -0.293 e. The normalized spacial score (nSPS) is 11.9. The van der Waals surface area contributed by atoms with Crippen LogP contribution in [0.5, 0.6) is 0 Å². The minimum absolute atomic E-state index is 0.155. The topological polar surface area (TPSA) is 117 Å². The molecule has 0 amide bonds. The van der Waals surface area contributed by atoms with Crippen molar-refractivity contribution >= 4 is 21.5 Å². The highest BCUT2D eigenvalue weighted by atomic mass is 32.2. The van der Waals surface area contributed by atoms with Crippen LogP contribution < -0.4 is 5.56 Å². The van der Waals surface area contributed by atoms with E-state index in [4.69, 9.17) is 4.55 Å². The number of benzene rings is 2. The van der Waals surface area contributed by atoms with Gasteiger partial charge in [0.1, 0.15) is 0 Å². The van der Waals surface area contributed by atoms with E-state index >= 15 is 0 Å². The Morgan fingerprint density at radius 1 is 1.00 bits per heavy atom. The van der Waals surface area contributed by atoms with Gasteiger partial charge in [-0.1, -0.05) is 18.2 Å². The van der Waals surface area contributed by atoms with Gasteiger partial charge in [0.05, 0.1) is 22.0 Å². The number of nitrogens with one attached hydrogen (secondary N) is 1. The molecule has 9 heteroatoms. The van der Waals surface area contributed by atoms with Crippen molar-refractivity contribution in [3.63, 3.8) is 0 Å². The molecule has 0 fully saturated rings. The Labute approximate surface area is 143 Å². The van der Waals surface area contributed by atoms with Crippen molar-refractivity contribution in [2.45, 2.75) is 11.8 Å². The van der Waals surface area contributed by atoms with Crippen LogP contribution in [0, 0.1) is 6.92 Å². The lowest BCUT2D eigenvalue weighted by Crippen LogP contribution is -2.13. The number of hydrogen-bond donors (Lipinski definition) is 2. The molecular weight excluding hydrogens is 344 g/mol. The molecule has 0 unspecified atom stereocenters. The lowest BCUT2D eigenvalue weighted by Gasteiger charge is -1.99. The smallest absolute Gasteiger partial charge is 0.293 e. The molecule has 0 radical (unpaired) electrons. The molecule has 3 aromatic rings. The van der Waals surface area contributed by atoms with Gasteiger partial charge in [-0.3, -0.25) is 14.4 Å². The number of nitrogens with zero attached hydrogens (tertiary/aromatic N) is 3. The fraction of sp³-hybridized carbons (Fsp3) is 0.0625. The summed E-state index contributed by atoms with van der Waals surface area (Å²) >= 11 is 0. The van der Waals surface area contributed by atoms with Crippen molar-refractivity contribution < 1.29 is 13.0 Å². The quantitative estimate of drug-likeness (QED) is 0.550. The molecule has 3 rings (SSSR count). The lowest BCUT2D eigenvalue weighted by atomic mass is 10.3. The first-order valence-corrected chi connectivity index (χ1v) is 8.66. The van der Waals surface area contributed by atoms with Gasteiger partial charge in [-0.25, -0.2) is 4.68 Å². The maximum atomic E-state index is 12.5. The van der Waals surface area contributed by atoms with Gasteiger partial charge in [0.2, 0.25) is 0 Å². The highest BCUT2D eigenvalue weighted by Crippen LogP contribution is 2.20. The van der Waals surface area contributed by atoms with Gasteiger partial charge in [-0.05, 0) is 43.3 Å². The number of rotatable bonds is 4. The van der Waals surface area contributed by atoms with E-state index in [-0.39, 0.29) is 16.1 Å². The zero-order chi connectivity index (χ0) is 18.0. The Kier molecular flexibility index (Phi) is 4.34. The lowest BCUT2D eigenvalue weighted by molar-refractivity contribution is 0.483. The Bertz CT molecular complexity index is 1080. The van der Waals surface area contributed by atoms with E-state index in [1.807, 2.05) is 18.2 Å². The van der Waals surface area contributed by atoms with Gasteiger partial charge < -0.3 is 0 Å². The van der Waals surface area contributed by atoms with Crippen molar-refractivity contribution in [1.29, 1.82) is 0 Å². The van der Waals surface area contributed by atoms with Crippen molar-refractivity contribution in [3.05, 3.63) is 70.6 Å². The first-order valence-electron chi connectivity index (χ1n) is 7.22. The SMILES string of the molecule is Cc1[nH]n(-c2ccccc2)c(=O)c1N=Nc1ccc(S(=O)(=O)O)cc1. The summed E-state index contributed by atoms with van der Waals surface area (Å²) in [5.41, 5.74) is 1.38. The zero-order valence-electron chi connectivity index (χ0n) is 13.1. The molecule has 8 nitrogen and oxygen atoms in total. The third-order valence-electron chi connectivity index (χ3n) is 3.45. The third-order valence-corrected chi connectivity index (χ3v) is 4.32. The number of para-hydroxylation sites is 1. The monoisotopic (exact) mass is 358 g/mol. The summed E-state index contributed by atoms with van der Waals surface area (Å²) in [6, 6.07) is 14.2. The predicted octanol–water partition coefficient (Wildman–Crippen LogP) is 3.14. The molecule has 0 aliphatic carbocycles. The zero-order valence-corrected chi connectivity index (χ0v) is 13.9. The number of aryl methyl sites for hydroxylation is 1. The van der Waals surface area contributed by atoms with E-state index < -0.39 is 10.1 Å². The second-order valence-corrected chi connectivity index (χ2v) is 6.65. The van der Waals surface area contributed by atoms with Crippen LogP contribution in [0.25, 0.3) is 5.69 Å². The van der Waals surface area contributed by atoms with Crippen LogP contribution in [0.1, 0.15) is 5.69 Å². The predicted molar refractivity (Wildman–Crippen MR) is 91.6 cm³/mol. The number of aromatic amines is 1. The Hall–Kier alpha value is -3.04. The van der Waals surface area contributed by atoms with Crippen molar-refractivity contribution in [2.24, 2.45) is 10.2 Å². The van der Waals surface area contributed by atoms with Gasteiger partial charge in [0.15, 0.2) is 5.69 Å². The summed E-state index contributed by atoms with van der Waals surface area (Å²) in [6.45, 7) is 1.70. The molecule has 1 heterocycles. The molecule has 0 spiro atoms. The first-order chi connectivity index (χ1) is 11.9. The van der Waals surface area contributed by atoms with Gasteiger partial charge in [-0.2, -0.15) is 13.5 Å². The Balaban J connectivity index is 1.92. The van der Waals surface area contributed by atoms with E-state index in [2.05, 4.69) is 15.3 Å². The van der Waals surface area contributed by atoms with Gasteiger partial charge in [0.25, 0.3) is 15.7 Å². The molecule has 2 N–H and O–H groups in total. The maximum absolute atomic E-state index is 12.5. The van der Waals surface area contributed by atoms with Gasteiger partial charge in [0, 0.05) is 0 Å². The molecule has 0 aliphatic heterocycles. The van der Waals surface area contributed by atoms with Gasteiger partial charge >= 0.3 is 0 Å². The average molecular weight is 358 g/mol. The second-order valence-electron chi connectivity index (χ2n) is 5.23. The molecule has 0 bridgehead atoms. The third kappa shape index (κ3) is 3.57. The van der Waals surface area contributed by atoms with E-state index in [1.54, 1.807) is 19.1 Å².